The van der Waals surface area contributed by atoms with E-state index in [-0.39, 0.29) is 0 Å². The lowest BCUT2D eigenvalue weighted by Crippen LogP contribution is -2.27. The van der Waals surface area contributed by atoms with E-state index in [1.54, 1.807) is 7.11 Å². The summed E-state index contributed by atoms with van der Waals surface area (Å²) in [6.07, 6.45) is 0. The van der Waals surface area contributed by atoms with E-state index in [0.29, 0.717) is 6.61 Å². The third-order valence-electron chi connectivity index (χ3n) is 2.06. The van der Waals surface area contributed by atoms with E-state index >= 15 is 0 Å². The first-order valence-corrected chi connectivity index (χ1v) is 5.71. The molecule has 0 saturated carbocycles. The van der Waals surface area contributed by atoms with Crippen LogP contribution >= 0.6 is 15.9 Å². The number of nitrogens with zero attached hydrogens (tertiary/aromatic N) is 3. The van der Waals surface area contributed by atoms with E-state index in [0.717, 1.165) is 29.3 Å². The Kier molecular flexibility index (Phi) is 4.98. The molecule has 1 aromatic rings. The topological polar surface area (TPSA) is 38.2 Å². The predicted molar refractivity (Wildman–Crippen MR) is 64.2 cm³/mol. The fraction of sp³-hybridized carbons (Fsp3) is 0.600. The lowest BCUT2D eigenvalue weighted by atomic mass is 10.4. The van der Waals surface area contributed by atoms with Gasteiger partial charge in [-0.1, -0.05) is 0 Å². The van der Waals surface area contributed by atoms with Crippen molar-refractivity contribution in [3.63, 3.8) is 0 Å². The maximum atomic E-state index is 5.06. The second-order valence-electron chi connectivity index (χ2n) is 3.17. The first-order chi connectivity index (χ1) is 7.17. The van der Waals surface area contributed by atoms with Crippen LogP contribution in [0.1, 0.15) is 12.7 Å². The van der Waals surface area contributed by atoms with Gasteiger partial charge in [0.1, 0.15) is 16.2 Å². The fourth-order valence-electron chi connectivity index (χ4n) is 1.31. The quantitative estimate of drug-likeness (QED) is 0.770. The molecule has 0 aliphatic heterocycles. The highest BCUT2D eigenvalue weighted by molar-refractivity contribution is 9.10. The molecule has 0 aliphatic carbocycles. The Hall–Kier alpha value is -0.680. The van der Waals surface area contributed by atoms with Crippen LogP contribution in [0.15, 0.2) is 10.7 Å². The van der Waals surface area contributed by atoms with Crippen molar-refractivity contribution in [2.24, 2.45) is 0 Å². The van der Waals surface area contributed by atoms with Crippen LogP contribution < -0.4 is 4.90 Å². The van der Waals surface area contributed by atoms with Crippen LogP contribution in [0.25, 0.3) is 0 Å². The molecule has 0 radical (unpaired) electrons. The molecule has 0 N–H and O–H groups in total. The van der Waals surface area contributed by atoms with Crippen molar-refractivity contribution in [2.45, 2.75) is 13.8 Å². The first-order valence-electron chi connectivity index (χ1n) is 4.92. The average molecular weight is 274 g/mol. The molecule has 0 spiro atoms. The second-order valence-corrected chi connectivity index (χ2v) is 3.98. The summed E-state index contributed by atoms with van der Waals surface area (Å²) in [5.41, 5.74) is 0. The Morgan fingerprint density at radius 1 is 1.47 bits per heavy atom. The molecule has 0 bridgehead atoms. The van der Waals surface area contributed by atoms with Crippen LogP contribution in [-0.2, 0) is 4.74 Å². The maximum absolute atomic E-state index is 5.06. The molecule has 0 aromatic carbocycles. The van der Waals surface area contributed by atoms with Crippen molar-refractivity contribution < 1.29 is 4.74 Å². The van der Waals surface area contributed by atoms with E-state index in [4.69, 9.17) is 4.74 Å². The summed E-state index contributed by atoms with van der Waals surface area (Å²) in [4.78, 5) is 10.7. The summed E-state index contributed by atoms with van der Waals surface area (Å²) < 4.78 is 5.88. The van der Waals surface area contributed by atoms with Crippen LogP contribution in [0.5, 0.6) is 0 Å². The zero-order valence-electron chi connectivity index (χ0n) is 9.33. The minimum Gasteiger partial charge on any atom is -0.383 e. The Morgan fingerprint density at radius 3 is 2.73 bits per heavy atom. The van der Waals surface area contributed by atoms with E-state index < -0.39 is 0 Å². The van der Waals surface area contributed by atoms with Gasteiger partial charge in [-0.05, 0) is 29.8 Å². The third kappa shape index (κ3) is 3.76. The first kappa shape index (κ1) is 12.4. The standard InChI is InChI=1S/C10H16BrN3O/c1-4-14(5-6-15-3)10-7-9(11)12-8(2)13-10/h7H,4-6H2,1-3H3. The number of ether oxygens (including phenoxy) is 1. The van der Waals surface area contributed by atoms with Gasteiger partial charge in [0.2, 0.25) is 0 Å². The van der Waals surface area contributed by atoms with Crippen molar-refractivity contribution in [1.82, 2.24) is 9.97 Å². The van der Waals surface area contributed by atoms with E-state index in [1.165, 1.54) is 0 Å². The summed E-state index contributed by atoms with van der Waals surface area (Å²) in [5.74, 6) is 1.71. The Morgan fingerprint density at radius 2 is 2.20 bits per heavy atom. The summed E-state index contributed by atoms with van der Waals surface area (Å²) >= 11 is 3.37. The monoisotopic (exact) mass is 273 g/mol. The van der Waals surface area contributed by atoms with Crippen molar-refractivity contribution in [3.05, 3.63) is 16.5 Å². The highest BCUT2D eigenvalue weighted by Crippen LogP contribution is 2.15. The normalized spacial score (nSPS) is 10.4. The molecular weight excluding hydrogens is 258 g/mol. The highest BCUT2D eigenvalue weighted by Gasteiger charge is 2.07. The van der Waals surface area contributed by atoms with Gasteiger partial charge in [0.05, 0.1) is 6.61 Å². The molecule has 84 valence electrons. The number of halogens is 1. The number of rotatable bonds is 5. The molecule has 4 nitrogen and oxygen atoms in total. The van der Waals surface area contributed by atoms with Gasteiger partial charge in [-0.15, -0.1) is 0 Å². The number of hydrogen-bond donors (Lipinski definition) is 0. The van der Waals surface area contributed by atoms with Crippen LogP contribution in [0.2, 0.25) is 0 Å². The molecule has 5 heteroatoms. The summed E-state index contributed by atoms with van der Waals surface area (Å²) in [6.45, 7) is 6.44. The molecule has 1 heterocycles. The smallest absolute Gasteiger partial charge is 0.133 e. The third-order valence-corrected chi connectivity index (χ3v) is 2.47. The van der Waals surface area contributed by atoms with Crippen molar-refractivity contribution in [2.75, 3.05) is 31.7 Å². The van der Waals surface area contributed by atoms with Crippen molar-refractivity contribution >= 4 is 21.7 Å². The molecule has 0 aliphatic rings. The molecule has 15 heavy (non-hydrogen) atoms. The van der Waals surface area contributed by atoms with E-state index in [1.807, 2.05) is 13.0 Å². The Balaban J connectivity index is 2.81. The molecule has 0 fully saturated rings. The van der Waals surface area contributed by atoms with Crippen molar-refractivity contribution in [1.29, 1.82) is 0 Å². The van der Waals surface area contributed by atoms with Gasteiger partial charge in [0.15, 0.2) is 0 Å². The maximum Gasteiger partial charge on any atom is 0.133 e. The van der Waals surface area contributed by atoms with Crippen LogP contribution in [0.3, 0.4) is 0 Å². The van der Waals surface area contributed by atoms with Gasteiger partial charge in [0, 0.05) is 26.3 Å². The van der Waals surface area contributed by atoms with Crippen LogP contribution in [-0.4, -0.2) is 36.8 Å². The van der Waals surface area contributed by atoms with Gasteiger partial charge in [-0.2, -0.15) is 0 Å². The van der Waals surface area contributed by atoms with E-state index in [2.05, 4.69) is 37.7 Å². The van der Waals surface area contributed by atoms with Gasteiger partial charge >= 0.3 is 0 Å². The van der Waals surface area contributed by atoms with Gasteiger partial charge < -0.3 is 9.64 Å². The molecule has 1 rings (SSSR count). The number of aryl methyl sites for hydroxylation is 1. The lowest BCUT2D eigenvalue weighted by molar-refractivity contribution is 0.205. The average Bonchev–Trinajstić information content (AvgIpc) is 2.17. The molecule has 0 amide bonds. The predicted octanol–water partition coefficient (Wildman–Crippen LogP) is 2.02. The lowest BCUT2D eigenvalue weighted by Gasteiger charge is -2.21. The second kappa shape index (κ2) is 6.02. The Bertz CT molecular complexity index is 299. The molecule has 0 atom stereocenters. The number of hydrogen-bond acceptors (Lipinski definition) is 4. The number of methoxy groups -OCH3 is 1. The largest absolute Gasteiger partial charge is 0.383 e. The van der Waals surface area contributed by atoms with Gasteiger partial charge in [0.25, 0.3) is 0 Å². The number of likely N-dealkylation sites (N-methyl/N-ethyl adjacent to an activating group) is 1. The van der Waals surface area contributed by atoms with Gasteiger partial charge in [-0.25, -0.2) is 9.97 Å². The SMILES string of the molecule is CCN(CCOC)c1cc(Br)nc(C)n1. The molecule has 0 saturated heterocycles. The number of anilines is 1. The minimum absolute atomic E-state index is 0.703. The van der Waals surface area contributed by atoms with Crippen molar-refractivity contribution in [3.8, 4) is 0 Å². The summed E-state index contributed by atoms with van der Waals surface area (Å²) in [5, 5.41) is 0. The summed E-state index contributed by atoms with van der Waals surface area (Å²) in [7, 11) is 1.70. The highest BCUT2D eigenvalue weighted by atomic mass is 79.9. The molecule has 0 unspecified atom stereocenters. The van der Waals surface area contributed by atoms with E-state index in [9.17, 15) is 0 Å². The zero-order valence-corrected chi connectivity index (χ0v) is 10.9. The van der Waals surface area contributed by atoms with Crippen LogP contribution in [0.4, 0.5) is 5.82 Å². The fourth-order valence-corrected chi connectivity index (χ4v) is 1.78. The van der Waals surface area contributed by atoms with Crippen LogP contribution in [0, 0.1) is 6.92 Å². The van der Waals surface area contributed by atoms with Gasteiger partial charge in [-0.3, -0.25) is 0 Å². The number of aromatic nitrogens is 2. The zero-order chi connectivity index (χ0) is 11.3. The summed E-state index contributed by atoms with van der Waals surface area (Å²) in [6, 6.07) is 1.92. The minimum atomic E-state index is 0.703. The molecule has 1 aromatic heterocycles. The Labute approximate surface area is 98.8 Å². The molecular formula is C10H16BrN3O.